The van der Waals surface area contributed by atoms with Crippen LogP contribution >= 0.6 is 11.6 Å². The SMILES string of the molecule is O=C(CC1CC1)N1CCC(CCl)C1. The summed E-state index contributed by atoms with van der Waals surface area (Å²) in [6.45, 7) is 1.83. The minimum absolute atomic E-state index is 0.357. The number of likely N-dealkylation sites (tertiary alicyclic amines) is 1. The van der Waals surface area contributed by atoms with E-state index in [-0.39, 0.29) is 0 Å². The van der Waals surface area contributed by atoms with Gasteiger partial charge in [0.15, 0.2) is 0 Å². The van der Waals surface area contributed by atoms with Crippen molar-refractivity contribution >= 4 is 17.5 Å². The van der Waals surface area contributed by atoms with E-state index in [0.29, 0.717) is 23.6 Å². The Morgan fingerprint density at radius 2 is 2.08 bits per heavy atom. The van der Waals surface area contributed by atoms with Gasteiger partial charge in [-0.3, -0.25) is 4.79 Å². The third-order valence-electron chi connectivity index (χ3n) is 3.02. The summed E-state index contributed by atoms with van der Waals surface area (Å²) in [6.07, 6.45) is 4.41. The second kappa shape index (κ2) is 3.87. The van der Waals surface area contributed by atoms with E-state index < -0.39 is 0 Å². The van der Waals surface area contributed by atoms with Crippen LogP contribution in [0.1, 0.15) is 25.7 Å². The lowest BCUT2D eigenvalue weighted by atomic mass is 10.2. The summed E-state index contributed by atoms with van der Waals surface area (Å²) in [5.41, 5.74) is 0. The van der Waals surface area contributed by atoms with Crippen molar-refractivity contribution in [3.05, 3.63) is 0 Å². The molecule has 2 aliphatic rings. The van der Waals surface area contributed by atoms with Crippen LogP contribution < -0.4 is 0 Å². The molecule has 74 valence electrons. The monoisotopic (exact) mass is 201 g/mol. The number of amides is 1. The predicted octanol–water partition coefficient (Wildman–Crippen LogP) is 1.87. The normalized spacial score (nSPS) is 28.1. The molecule has 1 aliphatic heterocycles. The molecule has 2 rings (SSSR count). The largest absolute Gasteiger partial charge is 0.342 e. The fourth-order valence-electron chi connectivity index (χ4n) is 1.88. The second-order valence-electron chi connectivity index (χ2n) is 4.30. The Hall–Kier alpha value is -0.240. The van der Waals surface area contributed by atoms with Gasteiger partial charge in [0, 0.05) is 25.4 Å². The molecule has 1 amide bonds. The first-order chi connectivity index (χ1) is 6.29. The van der Waals surface area contributed by atoms with Gasteiger partial charge in [0.25, 0.3) is 0 Å². The van der Waals surface area contributed by atoms with Crippen LogP contribution in [0.15, 0.2) is 0 Å². The van der Waals surface area contributed by atoms with Crippen molar-refractivity contribution in [3.63, 3.8) is 0 Å². The fourth-order valence-corrected chi connectivity index (χ4v) is 2.14. The van der Waals surface area contributed by atoms with Gasteiger partial charge in [0.2, 0.25) is 5.91 Å². The van der Waals surface area contributed by atoms with E-state index in [2.05, 4.69) is 0 Å². The average molecular weight is 202 g/mol. The Morgan fingerprint density at radius 3 is 2.62 bits per heavy atom. The first-order valence-corrected chi connectivity index (χ1v) is 5.67. The number of alkyl halides is 1. The maximum Gasteiger partial charge on any atom is 0.222 e. The standard InChI is InChI=1S/C10H16ClNO/c11-6-9-3-4-12(7-9)10(13)5-8-1-2-8/h8-9H,1-7H2. The van der Waals surface area contributed by atoms with Crippen molar-refractivity contribution in [3.8, 4) is 0 Å². The van der Waals surface area contributed by atoms with Crippen LogP contribution in [0.4, 0.5) is 0 Å². The summed E-state index contributed by atoms with van der Waals surface area (Å²) < 4.78 is 0. The smallest absolute Gasteiger partial charge is 0.222 e. The van der Waals surface area contributed by atoms with Crippen LogP contribution in [0.2, 0.25) is 0 Å². The van der Waals surface area contributed by atoms with Crippen LogP contribution in [0.3, 0.4) is 0 Å². The van der Waals surface area contributed by atoms with E-state index in [0.717, 1.165) is 25.9 Å². The number of hydrogen-bond acceptors (Lipinski definition) is 1. The van der Waals surface area contributed by atoms with Gasteiger partial charge < -0.3 is 4.90 Å². The van der Waals surface area contributed by atoms with Gasteiger partial charge >= 0.3 is 0 Å². The lowest BCUT2D eigenvalue weighted by Gasteiger charge is -2.15. The molecule has 0 aromatic carbocycles. The van der Waals surface area contributed by atoms with Gasteiger partial charge in [0.05, 0.1) is 0 Å². The highest BCUT2D eigenvalue weighted by Gasteiger charge is 2.30. The van der Waals surface area contributed by atoms with Crippen molar-refractivity contribution in [2.24, 2.45) is 11.8 Å². The van der Waals surface area contributed by atoms with Gasteiger partial charge in [0.1, 0.15) is 0 Å². The zero-order valence-corrected chi connectivity index (χ0v) is 8.59. The van der Waals surface area contributed by atoms with E-state index in [1.165, 1.54) is 12.8 Å². The van der Waals surface area contributed by atoms with Crippen LogP contribution in [-0.2, 0) is 4.79 Å². The molecule has 2 fully saturated rings. The minimum Gasteiger partial charge on any atom is -0.342 e. The van der Waals surface area contributed by atoms with E-state index in [4.69, 9.17) is 11.6 Å². The highest BCUT2D eigenvalue weighted by Crippen LogP contribution is 2.33. The molecule has 0 N–H and O–H groups in total. The average Bonchev–Trinajstić information content (AvgIpc) is 2.82. The molecule has 1 heterocycles. The lowest BCUT2D eigenvalue weighted by molar-refractivity contribution is -0.130. The Labute approximate surface area is 84.2 Å². The topological polar surface area (TPSA) is 20.3 Å². The van der Waals surface area contributed by atoms with Crippen molar-refractivity contribution in [1.29, 1.82) is 0 Å². The maximum atomic E-state index is 11.6. The molecular formula is C10H16ClNO. The van der Waals surface area contributed by atoms with Gasteiger partial charge in [-0.2, -0.15) is 0 Å². The van der Waals surface area contributed by atoms with Crippen LogP contribution in [0.25, 0.3) is 0 Å². The molecule has 0 spiro atoms. The third-order valence-corrected chi connectivity index (χ3v) is 3.45. The first-order valence-electron chi connectivity index (χ1n) is 5.13. The molecule has 1 saturated heterocycles. The number of carbonyl (C=O) groups is 1. The zero-order chi connectivity index (χ0) is 9.26. The zero-order valence-electron chi connectivity index (χ0n) is 7.84. The highest BCUT2D eigenvalue weighted by atomic mass is 35.5. The maximum absolute atomic E-state index is 11.6. The molecule has 2 nitrogen and oxygen atoms in total. The van der Waals surface area contributed by atoms with Crippen molar-refractivity contribution < 1.29 is 4.79 Å². The highest BCUT2D eigenvalue weighted by molar-refractivity contribution is 6.18. The van der Waals surface area contributed by atoms with Crippen molar-refractivity contribution in [2.45, 2.75) is 25.7 Å². The van der Waals surface area contributed by atoms with Gasteiger partial charge in [-0.05, 0) is 31.1 Å². The number of hydrogen-bond donors (Lipinski definition) is 0. The molecule has 0 aromatic rings. The van der Waals surface area contributed by atoms with Gasteiger partial charge in [-0.15, -0.1) is 11.6 Å². The van der Waals surface area contributed by atoms with E-state index in [1.807, 2.05) is 4.90 Å². The summed E-state index contributed by atoms with van der Waals surface area (Å²) in [4.78, 5) is 13.6. The Balaban J connectivity index is 1.77. The summed E-state index contributed by atoms with van der Waals surface area (Å²) in [7, 11) is 0. The molecule has 13 heavy (non-hydrogen) atoms. The number of rotatable bonds is 3. The molecule has 0 radical (unpaired) electrons. The first kappa shape index (κ1) is 9.32. The van der Waals surface area contributed by atoms with Crippen LogP contribution in [0.5, 0.6) is 0 Å². The van der Waals surface area contributed by atoms with E-state index in [9.17, 15) is 4.79 Å². The molecule has 1 aliphatic carbocycles. The van der Waals surface area contributed by atoms with Crippen LogP contribution in [0, 0.1) is 11.8 Å². The molecule has 0 aromatic heterocycles. The predicted molar refractivity (Wildman–Crippen MR) is 52.7 cm³/mol. The summed E-state index contributed by atoms with van der Waals surface area (Å²) >= 11 is 5.76. The van der Waals surface area contributed by atoms with E-state index >= 15 is 0 Å². The molecule has 0 bridgehead atoms. The van der Waals surface area contributed by atoms with Crippen LogP contribution in [-0.4, -0.2) is 29.8 Å². The Kier molecular flexibility index (Phi) is 2.77. The Bertz CT molecular complexity index is 203. The summed E-state index contributed by atoms with van der Waals surface area (Å²) in [5, 5.41) is 0. The van der Waals surface area contributed by atoms with Gasteiger partial charge in [-0.25, -0.2) is 0 Å². The van der Waals surface area contributed by atoms with Crippen molar-refractivity contribution in [1.82, 2.24) is 4.90 Å². The number of nitrogens with zero attached hydrogens (tertiary/aromatic N) is 1. The van der Waals surface area contributed by atoms with Gasteiger partial charge in [-0.1, -0.05) is 0 Å². The quantitative estimate of drug-likeness (QED) is 0.639. The molecule has 1 unspecified atom stereocenters. The van der Waals surface area contributed by atoms with Crippen molar-refractivity contribution in [2.75, 3.05) is 19.0 Å². The lowest BCUT2D eigenvalue weighted by Crippen LogP contribution is -2.28. The summed E-state index contributed by atoms with van der Waals surface area (Å²) in [6, 6.07) is 0. The minimum atomic E-state index is 0.357. The third kappa shape index (κ3) is 2.37. The number of halogens is 1. The van der Waals surface area contributed by atoms with E-state index in [1.54, 1.807) is 0 Å². The Morgan fingerprint density at radius 1 is 1.31 bits per heavy atom. The second-order valence-corrected chi connectivity index (χ2v) is 4.60. The summed E-state index contributed by atoms with van der Waals surface area (Å²) in [5.74, 6) is 2.32. The fraction of sp³-hybridized carbons (Fsp3) is 0.900. The molecule has 1 saturated carbocycles. The number of carbonyl (C=O) groups excluding carboxylic acids is 1. The molecule has 1 atom stereocenters. The molecular weight excluding hydrogens is 186 g/mol. The molecule has 3 heteroatoms.